The number of nitrogens with zero attached hydrogens (tertiary/aromatic N) is 2. The van der Waals surface area contributed by atoms with Gasteiger partial charge in [-0.3, -0.25) is 4.98 Å². The summed E-state index contributed by atoms with van der Waals surface area (Å²) in [6.45, 7) is 0.982. The van der Waals surface area contributed by atoms with Crippen molar-refractivity contribution in [2.45, 2.75) is 6.42 Å². The van der Waals surface area contributed by atoms with Crippen LogP contribution in [0.5, 0.6) is 0 Å². The SMILES string of the molecule is Nc1ccc(N2CCc3ccccc32)c2ncc(Br)cc12. The zero-order valence-electron chi connectivity index (χ0n) is 11.4. The number of para-hydroxylation sites is 1. The van der Waals surface area contributed by atoms with Crippen molar-refractivity contribution < 1.29 is 0 Å². The molecule has 1 aromatic heterocycles. The first kappa shape index (κ1) is 12.7. The topological polar surface area (TPSA) is 42.1 Å². The summed E-state index contributed by atoms with van der Waals surface area (Å²) in [5.74, 6) is 0. The van der Waals surface area contributed by atoms with Gasteiger partial charge in [0.05, 0.1) is 11.2 Å². The number of benzene rings is 2. The number of nitrogens with two attached hydrogens (primary N) is 1. The summed E-state index contributed by atoms with van der Waals surface area (Å²) in [6.07, 6.45) is 2.89. The van der Waals surface area contributed by atoms with Crippen LogP contribution in [0.15, 0.2) is 53.1 Å². The summed E-state index contributed by atoms with van der Waals surface area (Å²) < 4.78 is 0.945. The highest BCUT2D eigenvalue weighted by molar-refractivity contribution is 9.10. The third-order valence-electron chi connectivity index (χ3n) is 4.01. The third-order valence-corrected chi connectivity index (χ3v) is 4.44. The van der Waals surface area contributed by atoms with Crippen LogP contribution in [0.2, 0.25) is 0 Å². The number of fused-ring (bicyclic) bond motifs is 2. The van der Waals surface area contributed by atoms with Crippen molar-refractivity contribution in [3.8, 4) is 0 Å². The molecule has 3 aromatic rings. The van der Waals surface area contributed by atoms with E-state index in [4.69, 9.17) is 5.73 Å². The van der Waals surface area contributed by atoms with Gasteiger partial charge in [0, 0.05) is 34.0 Å². The molecule has 4 heteroatoms. The van der Waals surface area contributed by atoms with Gasteiger partial charge in [0.15, 0.2) is 0 Å². The van der Waals surface area contributed by atoms with E-state index in [0.717, 1.165) is 39.7 Å². The molecule has 0 unspecified atom stereocenters. The Balaban J connectivity index is 1.95. The quantitative estimate of drug-likeness (QED) is 0.673. The van der Waals surface area contributed by atoms with E-state index in [1.54, 1.807) is 0 Å². The minimum Gasteiger partial charge on any atom is -0.398 e. The number of hydrogen-bond acceptors (Lipinski definition) is 3. The lowest BCUT2D eigenvalue weighted by atomic mass is 10.1. The number of hydrogen-bond donors (Lipinski definition) is 1. The molecule has 3 nitrogen and oxygen atoms in total. The van der Waals surface area contributed by atoms with Crippen LogP contribution in [0, 0.1) is 0 Å². The van der Waals surface area contributed by atoms with Gasteiger partial charge in [-0.25, -0.2) is 0 Å². The summed E-state index contributed by atoms with van der Waals surface area (Å²) >= 11 is 3.47. The van der Waals surface area contributed by atoms with Crippen LogP contribution >= 0.6 is 15.9 Å². The Morgan fingerprint density at radius 2 is 1.95 bits per heavy atom. The average Bonchev–Trinajstić information content (AvgIpc) is 2.92. The minimum atomic E-state index is 0.759. The van der Waals surface area contributed by atoms with E-state index in [0.29, 0.717) is 0 Å². The number of rotatable bonds is 1. The molecule has 104 valence electrons. The predicted molar refractivity (Wildman–Crippen MR) is 91.0 cm³/mol. The van der Waals surface area contributed by atoms with Gasteiger partial charge in [-0.05, 0) is 52.2 Å². The second kappa shape index (κ2) is 4.74. The number of pyridine rings is 1. The maximum Gasteiger partial charge on any atom is 0.0960 e. The summed E-state index contributed by atoms with van der Waals surface area (Å²) in [6, 6.07) is 14.6. The van der Waals surface area contributed by atoms with Gasteiger partial charge in [0.1, 0.15) is 0 Å². The van der Waals surface area contributed by atoms with E-state index < -0.39 is 0 Å². The first-order valence-corrected chi connectivity index (χ1v) is 7.72. The first-order valence-electron chi connectivity index (χ1n) is 6.93. The van der Waals surface area contributed by atoms with Crippen molar-refractivity contribution in [1.29, 1.82) is 0 Å². The Hall–Kier alpha value is -2.07. The summed E-state index contributed by atoms with van der Waals surface area (Å²) in [5.41, 5.74) is 11.6. The van der Waals surface area contributed by atoms with Crippen LogP contribution in [0.25, 0.3) is 10.9 Å². The van der Waals surface area contributed by atoms with E-state index >= 15 is 0 Å². The number of aromatic nitrogens is 1. The van der Waals surface area contributed by atoms with Gasteiger partial charge < -0.3 is 10.6 Å². The Morgan fingerprint density at radius 1 is 1.10 bits per heavy atom. The molecule has 0 bridgehead atoms. The second-order valence-corrected chi connectivity index (χ2v) is 6.17. The summed E-state index contributed by atoms with van der Waals surface area (Å²) in [4.78, 5) is 6.92. The molecule has 1 aliphatic heterocycles. The standard InChI is InChI=1S/C17H14BrN3/c18-12-9-13-14(19)5-6-16(17(13)20-10-12)21-8-7-11-3-1-2-4-15(11)21/h1-6,9-10H,7-8,19H2. The average molecular weight is 340 g/mol. The van der Waals surface area contributed by atoms with E-state index in [1.165, 1.54) is 11.3 Å². The highest BCUT2D eigenvalue weighted by Crippen LogP contribution is 2.39. The molecule has 2 aromatic carbocycles. The normalized spacial score (nSPS) is 13.7. The first-order chi connectivity index (χ1) is 10.2. The molecule has 0 saturated heterocycles. The van der Waals surface area contributed by atoms with Crippen molar-refractivity contribution in [3.63, 3.8) is 0 Å². The molecule has 4 rings (SSSR count). The minimum absolute atomic E-state index is 0.759. The van der Waals surface area contributed by atoms with Crippen LogP contribution in [0.4, 0.5) is 17.1 Å². The van der Waals surface area contributed by atoms with Gasteiger partial charge >= 0.3 is 0 Å². The Kier molecular flexibility index (Phi) is 2.86. The zero-order chi connectivity index (χ0) is 14.4. The molecular weight excluding hydrogens is 326 g/mol. The lowest BCUT2D eigenvalue weighted by Gasteiger charge is -2.21. The highest BCUT2D eigenvalue weighted by atomic mass is 79.9. The molecule has 2 N–H and O–H groups in total. The van der Waals surface area contributed by atoms with Gasteiger partial charge in [-0.2, -0.15) is 0 Å². The Bertz CT molecular complexity index is 845. The number of halogens is 1. The van der Waals surface area contributed by atoms with Crippen molar-refractivity contribution in [2.24, 2.45) is 0 Å². The van der Waals surface area contributed by atoms with E-state index in [9.17, 15) is 0 Å². The van der Waals surface area contributed by atoms with Gasteiger partial charge in [-0.15, -0.1) is 0 Å². The summed E-state index contributed by atoms with van der Waals surface area (Å²) in [5, 5.41) is 0.992. The number of nitrogen functional groups attached to an aromatic ring is 1. The van der Waals surface area contributed by atoms with Crippen LogP contribution in [0.1, 0.15) is 5.56 Å². The maximum absolute atomic E-state index is 6.11. The second-order valence-electron chi connectivity index (χ2n) is 5.25. The van der Waals surface area contributed by atoms with E-state index in [-0.39, 0.29) is 0 Å². The van der Waals surface area contributed by atoms with Crippen LogP contribution in [-0.2, 0) is 6.42 Å². The van der Waals surface area contributed by atoms with Gasteiger partial charge in [0.2, 0.25) is 0 Å². The van der Waals surface area contributed by atoms with Crippen molar-refractivity contribution in [2.75, 3.05) is 17.2 Å². The number of anilines is 3. The molecule has 21 heavy (non-hydrogen) atoms. The molecule has 0 amide bonds. The van der Waals surface area contributed by atoms with E-state index in [2.05, 4.69) is 56.1 Å². The van der Waals surface area contributed by atoms with Crippen LogP contribution in [-0.4, -0.2) is 11.5 Å². The van der Waals surface area contributed by atoms with Crippen molar-refractivity contribution in [3.05, 3.63) is 58.7 Å². The lowest BCUT2D eigenvalue weighted by molar-refractivity contribution is 1.00. The molecule has 0 saturated carbocycles. The smallest absolute Gasteiger partial charge is 0.0960 e. The predicted octanol–water partition coefficient (Wildman–Crippen LogP) is 4.27. The molecular formula is C17H14BrN3. The van der Waals surface area contributed by atoms with Gasteiger partial charge in [-0.1, -0.05) is 18.2 Å². The fourth-order valence-electron chi connectivity index (χ4n) is 3.01. The van der Waals surface area contributed by atoms with E-state index in [1.807, 2.05) is 18.3 Å². The Morgan fingerprint density at radius 3 is 2.86 bits per heavy atom. The Labute approximate surface area is 131 Å². The summed E-state index contributed by atoms with van der Waals surface area (Å²) in [7, 11) is 0. The van der Waals surface area contributed by atoms with Gasteiger partial charge in [0.25, 0.3) is 0 Å². The van der Waals surface area contributed by atoms with Crippen molar-refractivity contribution >= 4 is 43.9 Å². The largest absolute Gasteiger partial charge is 0.398 e. The molecule has 0 spiro atoms. The molecule has 0 fully saturated rings. The monoisotopic (exact) mass is 339 g/mol. The molecule has 0 aliphatic carbocycles. The molecule has 0 radical (unpaired) electrons. The fourth-order valence-corrected chi connectivity index (χ4v) is 3.34. The third kappa shape index (κ3) is 1.98. The molecule has 1 aliphatic rings. The zero-order valence-corrected chi connectivity index (χ0v) is 13.0. The molecule has 2 heterocycles. The molecule has 0 atom stereocenters. The van der Waals surface area contributed by atoms with Crippen molar-refractivity contribution in [1.82, 2.24) is 4.98 Å². The maximum atomic E-state index is 6.11. The lowest BCUT2D eigenvalue weighted by Crippen LogP contribution is -2.14. The fraction of sp³-hybridized carbons (Fsp3) is 0.118. The van der Waals surface area contributed by atoms with Crippen LogP contribution < -0.4 is 10.6 Å². The van der Waals surface area contributed by atoms with Crippen LogP contribution in [0.3, 0.4) is 0 Å². The highest BCUT2D eigenvalue weighted by Gasteiger charge is 2.22.